The lowest BCUT2D eigenvalue weighted by Gasteiger charge is -2.42. The molecule has 0 aliphatic rings. The van der Waals surface area contributed by atoms with E-state index in [9.17, 15) is 9.59 Å². The maximum absolute atomic E-state index is 12.3. The van der Waals surface area contributed by atoms with Crippen LogP contribution in [-0.4, -0.2) is 164 Å². The Morgan fingerprint density at radius 2 is 0.551 bits per heavy atom. The maximum Gasteiger partial charge on any atom is 0.243 e. The lowest BCUT2D eigenvalue weighted by Crippen LogP contribution is -2.57. The van der Waals surface area contributed by atoms with Gasteiger partial charge >= 0.3 is 0 Å². The Morgan fingerprint density at radius 3 is 0.710 bits per heavy atom. The van der Waals surface area contributed by atoms with Gasteiger partial charge in [0.05, 0.1) is 5.71 Å². The fourth-order valence-corrected chi connectivity index (χ4v) is 8.68. The monoisotopic (exact) mass is 983 g/mol. The molecule has 0 radical (unpaired) electrons. The summed E-state index contributed by atoms with van der Waals surface area (Å²) >= 11 is 0. The minimum absolute atomic E-state index is 0.00676. The second kappa shape index (κ2) is 38.8. The van der Waals surface area contributed by atoms with Gasteiger partial charge in [0.1, 0.15) is 6.61 Å². The minimum atomic E-state index is -0.117. The molecule has 0 aliphatic heterocycles. The zero-order valence-electron chi connectivity index (χ0n) is 52.5. The molecule has 0 saturated carbocycles. The topological polar surface area (TPSA) is 78.4 Å². The van der Waals surface area contributed by atoms with Gasteiger partial charge in [-0.2, -0.15) is 0 Å². The molecule has 0 atom stereocenters. The zero-order valence-corrected chi connectivity index (χ0v) is 52.5. The Hall–Kier alpha value is -1.79. The van der Waals surface area contributed by atoms with Gasteiger partial charge in [-0.3, -0.25) is 34.1 Å². The number of hydrogen-bond acceptors (Lipinski definition) is 9. The van der Waals surface area contributed by atoms with E-state index in [2.05, 4.69) is 196 Å². The second-order valence-corrected chi connectivity index (χ2v) is 24.2. The quantitative estimate of drug-likeness (QED) is 0.0595. The summed E-state index contributed by atoms with van der Waals surface area (Å²) in [6.07, 6.45) is 0. The van der Waals surface area contributed by atoms with Crippen molar-refractivity contribution in [2.45, 2.75) is 288 Å². The van der Waals surface area contributed by atoms with Crippen molar-refractivity contribution in [2.75, 3.05) is 45.9 Å². The smallest absolute Gasteiger partial charge is 0.243 e. The van der Waals surface area contributed by atoms with Gasteiger partial charge in [-0.05, 0) is 170 Å². The van der Waals surface area contributed by atoms with Gasteiger partial charge < -0.3 is 4.84 Å². The molecular formula is C58H126N8O3. The third-order valence-corrected chi connectivity index (χ3v) is 12.4. The van der Waals surface area contributed by atoms with Gasteiger partial charge in [0.15, 0.2) is 0 Å². The number of oxime groups is 1. The van der Waals surface area contributed by atoms with Crippen molar-refractivity contribution >= 4 is 17.5 Å². The molecule has 0 unspecified atom stereocenters. The average molecular weight is 984 g/mol. The molecule has 0 spiro atoms. The zero-order chi connectivity index (χ0) is 55.4. The van der Waals surface area contributed by atoms with Crippen LogP contribution in [0.2, 0.25) is 0 Å². The number of amides is 2. The van der Waals surface area contributed by atoms with E-state index in [0.29, 0.717) is 78.7 Å². The van der Waals surface area contributed by atoms with Crippen LogP contribution in [0.15, 0.2) is 5.16 Å². The van der Waals surface area contributed by atoms with Gasteiger partial charge in [0, 0.05) is 118 Å². The number of carbonyl (C=O) groups excluding carboxylic acids is 2. The fourth-order valence-electron chi connectivity index (χ4n) is 8.68. The molecule has 0 N–H and O–H groups in total. The van der Waals surface area contributed by atoms with Gasteiger partial charge in [-0.1, -0.05) is 74.4 Å². The molecule has 416 valence electrons. The van der Waals surface area contributed by atoms with Gasteiger partial charge in [0.2, 0.25) is 11.8 Å². The number of hydrogen-bond donors (Lipinski definition) is 0. The first-order valence-corrected chi connectivity index (χ1v) is 28.0. The molecule has 0 heterocycles. The molecule has 11 nitrogen and oxygen atoms in total. The van der Waals surface area contributed by atoms with Crippen LogP contribution in [0, 0.1) is 29.6 Å². The summed E-state index contributed by atoms with van der Waals surface area (Å²) < 4.78 is 0. The second-order valence-electron chi connectivity index (χ2n) is 24.2. The SMILES string of the molecule is CC(C)C(=O)N(C(C)C)N(C(=O)C(C)C)C(C)C.CC(C)CON=C(C(C)C)C(C)C.CC(C)N(CCN(C(C)C)C(C)C)C(C)C.CC(C)N(CCN(C(C)C)C(C)C)CCN(C(C)C)C(C)C. The molecule has 2 amide bonds. The molecule has 0 aromatic carbocycles. The van der Waals surface area contributed by atoms with Gasteiger partial charge in [-0.15, -0.1) is 0 Å². The molecule has 0 bridgehead atoms. The Kier molecular flexibility index (Phi) is 41.4. The van der Waals surface area contributed by atoms with Crippen LogP contribution in [0.1, 0.15) is 222 Å². The first kappa shape index (κ1) is 73.7. The Labute approximate surface area is 433 Å². The summed E-state index contributed by atoms with van der Waals surface area (Å²) in [5.41, 5.74) is 1.15. The molecular weight excluding hydrogens is 857 g/mol. The van der Waals surface area contributed by atoms with E-state index in [1.165, 1.54) is 13.1 Å². The first-order chi connectivity index (χ1) is 31.4. The minimum Gasteiger partial charge on any atom is -0.396 e. The van der Waals surface area contributed by atoms with E-state index in [0.717, 1.165) is 31.9 Å². The van der Waals surface area contributed by atoms with Gasteiger partial charge in [-0.25, -0.2) is 10.0 Å². The lowest BCUT2D eigenvalue weighted by atomic mass is 9.98. The van der Waals surface area contributed by atoms with Crippen LogP contribution in [-0.2, 0) is 14.4 Å². The largest absolute Gasteiger partial charge is 0.396 e. The van der Waals surface area contributed by atoms with Crippen molar-refractivity contribution in [1.82, 2.24) is 34.5 Å². The Morgan fingerprint density at radius 1 is 0.319 bits per heavy atom. The van der Waals surface area contributed by atoms with Crippen LogP contribution in [0.3, 0.4) is 0 Å². The normalized spacial score (nSPS) is 12.4. The standard InChI is InChI=1S/C19H43N3.C14H28N2O2.C14H32N2.C11H23NO/c1-15(2)20(11-13-21(16(3)4)17(5)6)12-14-22(18(7)8)19(9)10;1-9(2)13(17)15(11(5)6)16(12(7)8)14(18)10(3)4;1-11(2)15(12(3)4)9-10-16(13(5)6)14(7)8;1-8(2)7-13-12-11(9(3)4)10(5)6/h15-19H,11-14H2,1-10H3;9-12H,1-8H3;11-14H,9-10H2,1-8H3;8-10H,7H2,1-6H3. The Bertz CT molecular complexity index is 1170. The summed E-state index contributed by atoms with van der Waals surface area (Å²) in [5.74, 6) is 1.26. The third-order valence-electron chi connectivity index (χ3n) is 12.4. The number of hydrazine groups is 1. The van der Waals surface area contributed by atoms with E-state index in [-0.39, 0.29) is 35.7 Å². The van der Waals surface area contributed by atoms with Crippen LogP contribution in [0.4, 0.5) is 0 Å². The number of rotatable bonds is 27. The predicted molar refractivity (Wildman–Crippen MR) is 306 cm³/mol. The molecule has 0 saturated heterocycles. The van der Waals surface area contributed by atoms with Crippen molar-refractivity contribution in [1.29, 1.82) is 0 Å². The highest BCUT2D eigenvalue weighted by molar-refractivity contribution is 5.87. The van der Waals surface area contributed by atoms with Crippen molar-refractivity contribution in [2.24, 2.45) is 34.7 Å². The van der Waals surface area contributed by atoms with Crippen LogP contribution < -0.4 is 0 Å². The average Bonchev–Trinajstić information content (AvgIpc) is 3.17. The van der Waals surface area contributed by atoms with E-state index in [1.54, 1.807) is 10.0 Å². The van der Waals surface area contributed by atoms with Crippen molar-refractivity contribution < 1.29 is 14.4 Å². The lowest BCUT2D eigenvalue weighted by molar-refractivity contribution is -0.176. The van der Waals surface area contributed by atoms with Crippen molar-refractivity contribution in [3.05, 3.63) is 0 Å². The highest BCUT2D eigenvalue weighted by Crippen LogP contribution is 2.18. The van der Waals surface area contributed by atoms with E-state index in [4.69, 9.17) is 4.84 Å². The highest BCUT2D eigenvalue weighted by Gasteiger charge is 2.33. The fraction of sp³-hybridized carbons (Fsp3) is 0.948. The van der Waals surface area contributed by atoms with Gasteiger partial charge in [0.25, 0.3) is 0 Å². The summed E-state index contributed by atoms with van der Waals surface area (Å²) in [6.45, 7) is 77.1. The molecule has 0 aliphatic carbocycles. The third kappa shape index (κ3) is 32.8. The predicted octanol–water partition coefficient (Wildman–Crippen LogP) is 13.2. The van der Waals surface area contributed by atoms with Crippen LogP contribution >= 0.6 is 0 Å². The van der Waals surface area contributed by atoms with E-state index in [1.807, 2.05) is 55.4 Å². The van der Waals surface area contributed by atoms with Crippen molar-refractivity contribution in [3.8, 4) is 0 Å². The summed E-state index contributed by atoms with van der Waals surface area (Å²) in [4.78, 5) is 42.8. The van der Waals surface area contributed by atoms with Crippen LogP contribution in [0.5, 0.6) is 0 Å². The molecule has 0 aromatic heterocycles. The van der Waals surface area contributed by atoms with Crippen LogP contribution in [0.25, 0.3) is 0 Å². The number of nitrogens with zero attached hydrogens (tertiary/aromatic N) is 8. The van der Waals surface area contributed by atoms with E-state index >= 15 is 0 Å². The van der Waals surface area contributed by atoms with Crippen molar-refractivity contribution in [3.63, 3.8) is 0 Å². The molecule has 69 heavy (non-hydrogen) atoms. The Balaban J connectivity index is -0.000000415. The summed E-state index contributed by atoms with van der Waals surface area (Å²) in [7, 11) is 0. The molecule has 0 fully saturated rings. The molecule has 0 aromatic rings. The maximum atomic E-state index is 12.3. The summed E-state index contributed by atoms with van der Waals surface area (Å²) in [6, 6.07) is 5.62. The highest BCUT2D eigenvalue weighted by atomic mass is 16.6. The molecule has 11 heteroatoms. The van der Waals surface area contributed by atoms with E-state index < -0.39 is 0 Å². The summed E-state index contributed by atoms with van der Waals surface area (Å²) in [5, 5.41) is 7.40. The number of carbonyl (C=O) groups is 2. The molecule has 0 rings (SSSR count). The first-order valence-electron chi connectivity index (χ1n) is 28.0.